The van der Waals surface area contributed by atoms with E-state index in [2.05, 4.69) is 19.6 Å². The van der Waals surface area contributed by atoms with Crippen LogP contribution in [0.5, 0.6) is 0 Å². The van der Waals surface area contributed by atoms with Crippen LogP contribution in [0.15, 0.2) is 0 Å². The second-order valence-corrected chi connectivity index (χ2v) is 2.54. The van der Waals surface area contributed by atoms with Crippen LogP contribution >= 0.6 is 24.4 Å². The Morgan fingerprint density at radius 3 is 2.50 bits per heavy atom. The van der Waals surface area contributed by atoms with Crippen molar-refractivity contribution in [3.05, 3.63) is 6.92 Å². The summed E-state index contributed by atoms with van der Waals surface area (Å²) in [6.45, 7) is 3.76. The van der Waals surface area contributed by atoms with E-state index in [1.54, 1.807) is 11.8 Å². The lowest BCUT2D eigenvalue weighted by Crippen LogP contribution is -1.94. The summed E-state index contributed by atoms with van der Waals surface area (Å²) in [4.78, 5) is 0. The third-order valence-electron chi connectivity index (χ3n) is 0.537. The van der Waals surface area contributed by atoms with Crippen LogP contribution in [0.25, 0.3) is 0 Å². The summed E-state index contributed by atoms with van der Waals surface area (Å²) >= 11 is 5.75. The maximum absolute atomic E-state index is 4.01. The second-order valence-electron chi connectivity index (χ2n) is 1.04. The molecule has 0 aromatic carbocycles. The van der Waals surface area contributed by atoms with E-state index in [0.717, 1.165) is 5.75 Å². The first-order chi connectivity index (χ1) is 2.81. The van der Waals surface area contributed by atoms with Gasteiger partial charge in [0.25, 0.3) is 0 Å². The van der Waals surface area contributed by atoms with Crippen LogP contribution in [-0.2, 0) is 0 Å². The Hall–Kier alpha value is 0.700. The van der Waals surface area contributed by atoms with Gasteiger partial charge in [0.15, 0.2) is 0 Å². The first-order valence-corrected chi connectivity index (χ1v) is 3.70. The Bertz CT molecular complexity index is 24.7. The molecule has 2 heteroatoms. The molecule has 0 heterocycles. The van der Waals surface area contributed by atoms with Gasteiger partial charge in [-0.05, 0) is 13.2 Å². The third-order valence-corrected chi connectivity index (χ3v) is 2.06. The monoisotopic (exact) mass is 121 g/mol. The average Bonchev–Trinajstić information content (AvgIpc) is 1.65. The molecular formula is C4H9S2. The second kappa shape index (κ2) is 3.88. The zero-order chi connectivity index (χ0) is 4.99. The van der Waals surface area contributed by atoms with Crippen molar-refractivity contribution >= 4 is 24.4 Å². The van der Waals surface area contributed by atoms with Crippen LogP contribution in [0.3, 0.4) is 0 Å². The highest BCUT2D eigenvalue weighted by molar-refractivity contribution is 8.00. The molecule has 0 saturated carbocycles. The maximum atomic E-state index is 4.01. The van der Waals surface area contributed by atoms with Crippen molar-refractivity contribution in [3.8, 4) is 0 Å². The molecule has 0 aromatic rings. The van der Waals surface area contributed by atoms with Crippen LogP contribution in [-0.4, -0.2) is 17.3 Å². The number of thioether (sulfide) groups is 1. The van der Waals surface area contributed by atoms with Crippen molar-refractivity contribution in [1.82, 2.24) is 0 Å². The van der Waals surface area contributed by atoms with Gasteiger partial charge in [0.2, 0.25) is 0 Å². The minimum absolute atomic E-state index is 0.466. The molecule has 0 aliphatic heterocycles. The van der Waals surface area contributed by atoms with E-state index in [1.165, 1.54) is 0 Å². The summed E-state index contributed by atoms with van der Waals surface area (Å²) in [6, 6.07) is 0. The first-order valence-electron chi connectivity index (χ1n) is 1.78. The first kappa shape index (κ1) is 6.70. The van der Waals surface area contributed by atoms with Crippen LogP contribution < -0.4 is 0 Å². The minimum Gasteiger partial charge on any atom is -0.178 e. The minimum atomic E-state index is 0.466. The van der Waals surface area contributed by atoms with Gasteiger partial charge in [-0.1, -0.05) is 0 Å². The lowest BCUT2D eigenvalue weighted by atomic mass is 10.6. The summed E-state index contributed by atoms with van der Waals surface area (Å²) in [7, 11) is 0. The molecule has 0 aliphatic carbocycles. The summed E-state index contributed by atoms with van der Waals surface area (Å²) < 4.78 is 0. The Labute approximate surface area is 49.1 Å². The summed E-state index contributed by atoms with van der Waals surface area (Å²) in [5, 5.41) is 0.466. The van der Waals surface area contributed by atoms with E-state index >= 15 is 0 Å². The fourth-order valence-electron chi connectivity index (χ4n) is 0.0745. The smallest absolute Gasteiger partial charge is 0.0133 e. The van der Waals surface area contributed by atoms with Crippen LogP contribution in [0.1, 0.15) is 0 Å². The molecule has 1 atom stereocenters. The molecule has 1 unspecified atom stereocenters. The molecule has 0 bridgehead atoms. The molecular weight excluding hydrogens is 112 g/mol. The number of rotatable bonds is 2. The topological polar surface area (TPSA) is 0 Å². The van der Waals surface area contributed by atoms with E-state index in [1.807, 2.05) is 6.26 Å². The SMILES string of the molecule is [CH2]C(CS)SC. The van der Waals surface area contributed by atoms with Gasteiger partial charge in [0.1, 0.15) is 0 Å². The lowest BCUT2D eigenvalue weighted by Gasteiger charge is -1.97. The van der Waals surface area contributed by atoms with Crippen molar-refractivity contribution in [1.29, 1.82) is 0 Å². The molecule has 0 aliphatic rings. The normalized spacial score (nSPS) is 14.5. The quantitative estimate of drug-likeness (QED) is 0.540. The van der Waals surface area contributed by atoms with Crippen LogP contribution in [0.2, 0.25) is 0 Å². The summed E-state index contributed by atoms with van der Waals surface area (Å²) in [6.07, 6.45) is 2.04. The van der Waals surface area contributed by atoms with Gasteiger partial charge in [0, 0.05) is 11.0 Å². The van der Waals surface area contributed by atoms with Crippen molar-refractivity contribution in [2.24, 2.45) is 0 Å². The van der Waals surface area contributed by atoms with E-state index in [0.29, 0.717) is 5.25 Å². The van der Waals surface area contributed by atoms with E-state index in [4.69, 9.17) is 0 Å². The molecule has 0 amide bonds. The number of hydrogen-bond donors (Lipinski definition) is 1. The van der Waals surface area contributed by atoms with Gasteiger partial charge in [-0.3, -0.25) is 0 Å². The lowest BCUT2D eigenvalue weighted by molar-refractivity contribution is 1.28. The van der Waals surface area contributed by atoms with Gasteiger partial charge in [0.05, 0.1) is 0 Å². The highest BCUT2D eigenvalue weighted by atomic mass is 32.2. The fourth-order valence-corrected chi connectivity index (χ4v) is 0.671. The Morgan fingerprint density at radius 1 is 2.00 bits per heavy atom. The highest BCUT2D eigenvalue weighted by Crippen LogP contribution is 2.04. The van der Waals surface area contributed by atoms with Crippen molar-refractivity contribution in [3.63, 3.8) is 0 Å². The zero-order valence-electron chi connectivity index (χ0n) is 3.85. The van der Waals surface area contributed by atoms with Crippen molar-refractivity contribution < 1.29 is 0 Å². The average molecular weight is 121 g/mol. The standard InChI is InChI=1S/C4H9S2/c1-4(3-5)6-2/h4-5H,1,3H2,2H3. The van der Waals surface area contributed by atoms with Crippen LogP contribution in [0.4, 0.5) is 0 Å². The van der Waals surface area contributed by atoms with Gasteiger partial charge in [-0.25, -0.2) is 0 Å². The molecule has 0 fully saturated rings. The van der Waals surface area contributed by atoms with Gasteiger partial charge >= 0.3 is 0 Å². The number of thiol groups is 1. The van der Waals surface area contributed by atoms with Crippen molar-refractivity contribution in [2.75, 3.05) is 12.0 Å². The van der Waals surface area contributed by atoms with Crippen LogP contribution in [0, 0.1) is 6.92 Å². The fraction of sp³-hybridized carbons (Fsp3) is 0.750. The molecule has 37 valence electrons. The van der Waals surface area contributed by atoms with Gasteiger partial charge in [-0.15, -0.1) is 0 Å². The molecule has 6 heavy (non-hydrogen) atoms. The predicted octanol–water partition coefficient (Wildman–Crippen LogP) is 1.48. The van der Waals surface area contributed by atoms with E-state index < -0.39 is 0 Å². The third kappa shape index (κ3) is 2.91. The maximum Gasteiger partial charge on any atom is 0.0133 e. The van der Waals surface area contributed by atoms with E-state index in [9.17, 15) is 0 Å². The number of hydrogen-bond acceptors (Lipinski definition) is 2. The summed E-state index contributed by atoms with van der Waals surface area (Å²) in [5.74, 6) is 0.876. The Balaban J connectivity index is 2.75. The molecule has 0 rings (SSSR count). The molecule has 0 N–H and O–H groups in total. The zero-order valence-corrected chi connectivity index (χ0v) is 5.56. The van der Waals surface area contributed by atoms with Gasteiger partial charge in [-0.2, -0.15) is 24.4 Å². The molecule has 1 radical (unpaired) electrons. The highest BCUT2D eigenvalue weighted by Gasteiger charge is 1.90. The molecule has 0 saturated heterocycles. The predicted molar refractivity (Wildman–Crippen MR) is 36.5 cm³/mol. The Morgan fingerprint density at radius 2 is 2.50 bits per heavy atom. The molecule has 0 spiro atoms. The van der Waals surface area contributed by atoms with Crippen molar-refractivity contribution in [2.45, 2.75) is 5.25 Å². The van der Waals surface area contributed by atoms with E-state index in [-0.39, 0.29) is 0 Å². The van der Waals surface area contributed by atoms with Gasteiger partial charge < -0.3 is 0 Å². The Kier molecular flexibility index (Phi) is 4.33. The molecule has 0 nitrogen and oxygen atoms in total. The molecule has 0 aromatic heterocycles. The summed E-state index contributed by atoms with van der Waals surface area (Å²) in [5.41, 5.74) is 0. The largest absolute Gasteiger partial charge is 0.178 e.